The van der Waals surface area contributed by atoms with E-state index in [9.17, 15) is 4.39 Å². The molecule has 0 spiro atoms. The van der Waals surface area contributed by atoms with E-state index in [0.29, 0.717) is 6.54 Å². The third-order valence-electron chi connectivity index (χ3n) is 2.24. The summed E-state index contributed by atoms with van der Waals surface area (Å²) in [6.45, 7) is 3.57. The summed E-state index contributed by atoms with van der Waals surface area (Å²) in [7, 11) is 3.70. The summed E-state index contributed by atoms with van der Waals surface area (Å²) in [5.74, 6) is 0.634. The van der Waals surface area contributed by atoms with Crippen molar-refractivity contribution in [1.82, 2.24) is 10.2 Å². The number of hydrogen-bond acceptors (Lipinski definition) is 1. The van der Waals surface area contributed by atoms with E-state index in [2.05, 4.69) is 10.3 Å². The lowest BCUT2D eigenvalue weighted by molar-refractivity contribution is 0.478. The molecule has 0 aliphatic carbocycles. The molecule has 0 fully saturated rings. The first-order valence-corrected chi connectivity index (χ1v) is 5.33. The van der Waals surface area contributed by atoms with Crippen molar-refractivity contribution in [2.75, 3.05) is 20.6 Å². The predicted octanol–water partition coefficient (Wildman–Crippen LogP) is 2.47. The number of nitrogens with one attached hydrogen (secondary N) is 1. The minimum atomic E-state index is -0.206. The van der Waals surface area contributed by atoms with Gasteiger partial charge in [0.05, 0.1) is 0 Å². The van der Waals surface area contributed by atoms with Gasteiger partial charge < -0.3 is 10.2 Å². The molecule has 0 amide bonds. The second-order valence-corrected chi connectivity index (χ2v) is 3.56. The fourth-order valence-corrected chi connectivity index (χ4v) is 1.48. The first-order chi connectivity index (χ1) is 7.67. The predicted molar refractivity (Wildman–Crippen MR) is 80.3 cm³/mol. The number of hydrogen-bond donors (Lipinski definition) is 1. The van der Waals surface area contributed by atoms with E-state index in [1.54, 1.807) is 19.2 Å². The molecule has 3 nitrogen and oxygen atoms in total. The summed E-state index contributed by atoms with van der Waals surface area (Å²) in [5.41, 5.74) is 1.06. The molecule has 0 aliphatic rings. The van der Waals surface area contributed by atoms with E-state index in [4.69, 9.17) is 0 Å². The Morgan fingerprint density at radius 1 is 1.35 bits per heavy atom. The maximum absolute atomic E-state index is 12.7. The van der Waals surface area contributed by atoms with Gasteiger partial charge in [0.15, 0.2) is 5.96 Å². The highest BCUT2D eigenvalue weighted by molar-refractivity contribution is 14.0. The van der Waals surface area contributed by atoms with Gasteiger partial charge in [-0.25, -0.2) is 4.39 Å². The second kappa shape index (κ2) is 8.27. The summed E-state index contributed by atoms with van der Waals surface area (Å²) in [5, 5.41) is 3.17. The zero-order valence-corrected chi connectivity index (χ0v) is 12.7. The summed E-state index contributed by atoms with van der Waals surface area (Å²) >= 11 is 0. The standard InChI is InChI=1S/C12H18FN3.HI/c1-4-15-12(14-2)16(3)9-10-5-7-11(13)8-6-10;/h5-8H,4,9H2,1-3H3,(H,14,15);1H. The third-order valence-corrected chi connectivity index (χ3v) is 2.24. The Bertz CT molecular complexity index is 351. The molecule has 96 valence electrons. The SMILES string of the molecule is CCNC(=NC)N(C)Cc1ccc(F)cc1.I. The smallest absolute Gasteiger partial charge is 0.193 e. The van der Waals surface area contributed by atoms with Gasteiger partial charge in [-0.1, -0.05) is 12.1 Å². The van der Waals surface area contributed by atoms with Gasteiger partial charge in [0, 0.05) is 27.2 Å². The molecule has 0 heterocycles. The minimum absolute atomic E-state index is 0. The number of halogens is 2. The summed E-state index contributed by atoms with van der Waals surface area (Å²) in [6, 6.07) is 6.51. The second-order valence-electron chi connectivity index (χ2n) is 3.56. The normalized spacial score (nSPS) is 10.7. The zero-order valence-electron chi connectivity index (χ0n) is 10.4. The molecule has 0 unspecified atom stereocenters. The van der Waals surface area contributed by atoms with Crippen LogP contribution in [0.1, 0.15) is 12.5 Å². The fraction of sp³-hybridized carbons (Fsp3) is 0.417. The van der Waals surface area contributed by atoms with Gasteiger partial charge in [0.25, 0.3) is 0 Å². The van der Waals surface area contributed by atoms with Gasteiger partial charge in [-0.05, 0) is 24.6 Å². The molecular formula is C12H19FIN3. The van der Waals surface area contributed by atoms with Crippen LogP contribution < -0.4 is 5.32 Å². The number of rotatable bonds is 3. The van der Waals surface area contributed by atoms with Crippen molar-refractivity contribution < 1.29 is 4.39 Å². The van der Waals surface area contributed by atoms with Gasteiger partial charge >= 0.3 is 0 Å². The molecule has 1 aromatic carbocycles. The average Bonchev–Trinajstić information content (AvgIpc) is 2.29. The van der Waals surface area contributed by atoms with Crippen LogP contribution in [-0.2, 0) is 6.54 Å². The molecule has 0 aromatic heterocycles. The highest BCUT2D eigenvalue weighted by Crippen LogP contribution is 2.05. The van der Waals surface area contributed by atoms with Crippen LogP contribution >= 0.6 is 24.0 Å². The van der Waals surface area contributed by atoms with Crippen LogP contribution in [0.2, 0.25) is 0 Å². The van der Waals surface area contributed by atoms with Crippen LogP contribution in [0.4, 0.5) is 4.39 Å². The van der Waals surface area contributed by atoms with Gasteiger partial charge in [0.2, 0.25) is 0 Å². The van der Waals surface area contributed by atoms with Crippen molar-refractivity contribution in [1.29, 1.82) is 0 Å². The van der Waals surface area contributed by atoms with E-state index in [-0.39, 0.29) is 29.8 Å². The topological polar surface area (TPSA) is 27.6 Å². The Balaban J connectivity index is 0.00000256. The van der Waals surface area contributed by atoms with E-state index < -0.39 is 0 Å². The first-order valence-electron chi connectivity index (χ1n) is 5.33. The van der Waals surface area contributed by atoms with Crippen LogP contribution in [0.15, 0.2) is 29.3 Å². The summed E-state index contributed by atoms with van der Waals surface area (Å²) in [4.78, 5) is 6.15. The molecule has 17 heavy (non-hydrogen) atoms. The molecule has 5 heteroatoms. The summed E-state index contributed by atoms with van der Waals surface area (Å²) < 4.78 is 12.7. The van der Waals surface area contributed by atoms with Crippen molar-refractivity contribution in [2.45, 2.75) is 13.5 Å². The Morgan fingerprint density at radius 2 is 1.94 bits per heavy atom. The van der Waals surface area contributed by atoms with Crippen molar-refractivity contribution >= 4 is 29.9 Å². The molecule has 0 atom stereocenters. The lowest BCUT2D eigenvalue weighted by Gasteiger charge is -2.21. The van der Waals surface area contributed by atoms with Crippen LogP contribution in [-0.4, -0.2) is 31.5 Å². The number of guanidine groups is 1. The maximum atomic E-state index is 12.7. The summed E-state index contributed by atoms with van der Waals surface area (Å²) in [6.07, 6.45) is 0. The van der Waals surface area contributed by atoms with E-state index in [1.165, 1.54) is 12.1 Å². The van der Waals surface area contributed by atoms with Crippen molar-refractivity contribution in [3.8, 4) is 0 Å². The minimum Gasteiger partial charge on any atom is -0.357 e. The van der Waals surface area contributed by atoms with Crippen LogP contribution in [0.25, 0.3) is 0 Å². The fourth-order valence-electron chi connectivity index (χ4n) is 1.48. The van der Waals surface area contributed by atoms with Crippen molar-refractivity contribution in [3.63, 3.8) is 0 Å². The number of aliphatic imine (C=N–C) groups is 1. The molecule has 1 aromatic rings. The van der Waals surface area contributed by atoms with Gasteiger partial charge in [0.1, 0.15) is 5.82 Å². The molecule has 1 rings (SSSR count). The van der Waals surface area contributed by atoms with Gasteiger partial charge in [-0.2, -0.15) is 0 Å². The Hall–Kier alpha value is -0.850. The van der Waals surface area contributed by atoms with E-state index in [1.807, 2.05) is 18.9 Å². The number of benzene rings is 1. The molecule has 0 aliphatic heterocycles. The quantitative estimate of drug-likeness (QED) is 0.515. The Kier molecular flexibility index (Phi) is 7.86. The maximum Gasteiger partial charge on any atom is 0.193 e. The highest BCUT2D eigenvalue weighted by Gasteiger charge is 2.04. The average molecular weight is 351 g/mol. The van der Waals surface area contributed by atoms with E-state index >= 15 is 0 Å². The molecule has 0 saturated heterocycles. The third kappa shape index (κ3) is 5.34. The van der Waals surface area contributed by atoms with Crippen LogP contribution in [0.5, 0.6) is 0 Å². The van der Waals surface area contributed by atoms with Crippen LogP contribution in [0.3, 0.4) is 0 Å². The highest BCUT2D eigenvalue weighted by atomic mass is 127. The lowest BCUT2D eigenvalue weighted by Crippen LogP contribution is -2.38. The lowest BCUT2D eigenvalue weighted by atomic mass is 10.2. The van der Waals surface area contributed by atoms with E-state index in [0.717, 1.165) is 18.1 Å². The Labute approximate surface area is 119 Å². The molecule has 0 bridgehead atoms. The molecule has 0 saturated carbocycles. The van der Waals surface area contributed by atoms with Crippen LogP contribution in [0, 0.1) is 5.82 Å². The van der Waals surface area contributed by atoms with Gasteiger partial charge in [-0.15, -0.1) is 24.0 Å². The first kappa shape index (κ1) is 16.1. The molecule has 0 radical (unpaired) electrons. The largest absolute Gasteiger partial charge is 0.357 e. The Morgan fingerprint density at radius 3 is 2.41 bits per heavy atom. The van der Waals surface area contributed by atoms with Crippen molar-refractivity contribution in [3.05, 3.63) is 35.6 Å². The monoisotopic (exact) mass is 351 g/mol. The zero-order chi connectivity index (χ0) is 12.0. The number of nitrogens with zero attached hydrogens (tertiary/aromatic N) is 2. The van der Waals surface area contributed by atoms with Gasteiger partial charge in [-0.3, -0.25) is 4.99 Å². The van der Waals surface area contributed by atoms with Crippen molar-refractivity contribution in [2.24, 2.45) is 4.99 Å². The molecular weight excluding hydrogens is 332 g/mol. The molecule has 1 N–H and O–H groups in total.